The monoisotopic (exact) mass is 339 g/mol. The predicted octanol–water partition coefficient (Wildman–Crippen LogP) is 2.19. The van der Waals surface area contributed by atoms with Crippen molar-refractivity contribution >= 4 is 28.6 Å². The molecule has 1 aromatic heterocycles. The van der Waals surface area contributed by atoms with Crippen LogP contribution in [0.15, 0.2) is 51.7 Å². The standard InChI is InChI=1S/C18H17N3O4/c1-10-4-3-5-12(8-10)17(23)19-11(2)16(22)20-13-6-7-15-14(9-13)21-18(24)25-15/h3-9,11H,1-2H3,(H,19,23)(H,20,22)(H,21,24)/t11-/m1/s1. The molecule has 1 heterocycles. The smallest absolute Gasteiger partial charge is 0.408 e. The first-order valence-corrected chi connectivity index (χ1v) is 7.73. The minimum atomic E-state index is -0.730. The molecular formula is C18H17N3O4. The summed E-state index contributed by atoms with van der Waals surface area (Å²) in [5.74, 6) is -1.25. The lowest BCUT2D eigenvalue weighted by Crippen LogP contribution is -2.41. The number of benzene rings is 2. The summed E-state index contributed by atoms with van der Waals surface area (Å²) < 4.78 is 4.91. The van der Waals surface area contributed by atoms with Gasteiger partial charge in [-0.3, -0.25) is 14.6 Å². The van der Waals surface area contributed by atoms with E-state index in [1.165, 1.54) is 0 Å². The van der Waals surface area contributed by atoms with Crippen molar-refractivity contribution in [2.75, 3.05) is 5.32 Å². The number of aromatic nitrogens is 1. The van der Waals surface area contributed by atoms with Gasteiger partial charge in [-0.1, -0.05) is 17.7 Å². The van der Waals surface area contributed by atoms with Gasteiger partial charge in [0.1, 0.15) is 6.04 Å². The van der Waals surface area contributed by atoms with Crippen LogP contribution in [0.4, 0.5) is 5.69 Å². The Kier molecular flexibility index (Phi) is 4.38. The summed E-state index contributed by atoms with van der Waals surface area (Å²) in [5.41, 5.74) is 2.85. The van der Waals surface area contributed by atoms with Crippen molar-refractivity contribution in [2.45, 2.75) is 19.9 Å². The summed E-state index contributed by atoms with van der Waals surface area (Å²) in [6.45, 7) is 3.49. The average molecular weight is 339 g/mol. The molecule has 7 nitrogen and oxygen atoms in total. The number of H-pyrrole nitrogens is 1. The van der Waals surface area contributed by atoms with Crippen LogP contribution >= 0.6 is 0 Å². The first-order chi connectivity index (χ1) is 11.9. The SMILES string of the molecule is Cc1cccc(C(=O)N[C@H](C)C(=O)Nc2ccc3oc(=O)[nH]c3c2)c1. The molecule has 3 rings (SSSR count). The van der Waals surface area contributed by atoms with Gasteiger partial charge in [0, 0.05) is 11.3 Å². The second kappa shape index (κ2) is 6.64. The lowest BCUT2D eigenvalue weighted by atomic mass is 10.1. The van der Waals surface area contributed by atoms with E-state index in [9.17, 15) is 14.4 Å². The highest BCUT2D eigenvalue weighted by Crippen LogP contribution is 2.16. The van der Waals surface area contributed by atoms with Crippen LogP contribution < -0.4 is 16.4 Å². The summed E-state index contributed by atoms with van der Waals surface area (Å²) in [5, 5.41) is 5.35. The molecule has 0 aliphatic heterocycles. The van der Waals surface area contributed by atoms with E-state index < -0.39 is 11.8 Å². The number of hydrogen-bond acceptors (Lipinski definition) is 4. The normalized spacial score (nSPS) is 11.9. The predicted molar refractivity (Wildman–Crippen MR) is 93.6 cm³/mol. The van der Waals surface area contributed by atoms with Crippen molar-refractivity contribution in [1.82, 2.24) is 10.3 Å². The van der Waals surface area contributed by atoms with E-state index >= 15 is 0 Å². The van der Waals surface area contributed by atoms with Crippen molar-refractivity contribution in [3.8, 4) is 0 Å². The van der Waals surface area contributed by atoms with Gasteiger partial charge in [-0.05, 0) is 44.2 Å². The summed E-state index contributed by atoms with van der Waals surface area (Å²) in [6.07, 6.45) is 0. The third kappa shape index (κ3) is 3.77. The van der Waals surface area contributed by atoms with Gasteiger partial charge in [0.2, 0.25) is 5.91 Å². The Bertz CT molecular complexity index is 1000. The first-order valence-electron chi connectivity index (χ1n) is 7.73. The zero-order valence-electron chi connectivity index (χ0n) is 13.8. The van der Waals surface area contributed by atoms with Crippen LogP contribution in [0, 0.1) is 6.92 Å². The van der Waals surface area contributed by atoms with Crippen LogP contribution in [0.2, 0.25) is 0 Å². The molecule has 1 atom stereocenters. The van der Waals surface area contributed by atoms with Crippen LogP contribution in [0.3, 0.4) is 0 Å². The van der Waals surface area contributed by atoms with Gasteiger partial charge in [0.25, 0.3) is 5.91 Å². The molecule has 0 saturated heterocycles. The Balaban J connectivity index is 1.67. The molecular weight excluding hydrogens is 322 g/mol. The Hall–Kier alpha value is -3.35. The van der Waals surface area contributed by atoms with Crippen molar-refractivity contribution in [3.05, 3.63) is 64.1 Å². The summed E-state index contributed by atoms with van der Waals surface area (Å²) in [6, 6.07) is 11.2. The highest BCUT2D eigenvalue weighted by atomic mass is 16.4. The lowest BCUT2D eigenvalue weighted by Gasteiger charge is -2.14. The molecule has 0 spiro atoms. The fraction of sp³-hybridized carbons (Fsp3) is 0.167. The largest absolute Gasteiger partial charge is 0.417 e. The van der Waals surface area contributed by atoms with Gasteiger partial charge >= 0.3 is 5.76 Å². The molecule has 2 amide bonds. The minimum absolute atomic E-state index is 0.319. The number of amides is 2. The lowest BCUT2D eigenvalue weighted by molar-refractivity contribution is -0.117. The molecule has 0 unspecified atom stereocenters. The number of fused-ring (bicyclic) bond motifs is 1. The second-order valence-corrected chi connectivity index (χ2v) is 5.78. The second-order valence-electron chi connectivity index (χ2n) is 5.78. The maximum absolute atomic E-state index is 12.3. The molecule has 25 heavy (non-hydrogen) atoms. The summed E-state index contributed by atoms with van der Waals surface area (Å²) in [7, 11) is 0. The van der Waals surface area contributed by atoms with E-state index in [1.807, 2.05) is 13.0 Å². The number of anilines is 1. The molecule has 128 valence electrons. The summed E-state index contributed by atoms with van der Waals surface area (Å²) >= 11 is 0. The first kappa shape index (κ1) is 16.5. The molecule has 0 bridgehead atoms. The highest BCUT2D eigenvalue weighted by Gasteiger charge is 2.17. The molecule has 7 heteroatoms. The Morgan fingerprint density at radius 1 is 1.16 bits per heavy atom. The van der Waals surface area contributed by atoms with Gasteiger partial charge in [-0.15, -0.1) is 0 Å². The van der Waals surface area contributed by atoms with E-state index in [2.05, 4.69) is 15.6 Å². The van der Waals surface area contributed by atoms with Crippen LogP contribution in [0.1, 0.15) is 22.8 Å². The van der Waals surface area contributed by atoms with E-state index in [0.717, 1.165) is 5.56 Å². The molecule has 0 radical (unpaired) electrons. The fourth-order valence-electron chi connectivity index (χ4n) is 2.41. The molecule has 2 aromatic carbocycles. The van der Waals surface area contributed by atoms with E-state index in [0.29, 0.717) is 22.4 Å². The Morgan fingerprint density at radius 2 is 1.96 bits per heavy atom. The number of carbonyl (C=O) groups is 2. The van der Waals surface area contributed by atoms with Crippen molar-refractivity contribution in [1.29, 1.82) is 0 Å². The van der Waals surface area contributed by atoms with Crippen molar-refractivity contribution in [3.63, 3.8) is 0 Å². The molecule has 0 aliphatic carbocycles. The molecule has 0 aliphatic rings. The van der Waals surface area contributed by atoms with E-state index in [-0.39, 0.29) is 11.8 Å². The maximum Gasteiger partial charge on any atom is 0.417 e. The van der Waals surface area contributed by atoms with Gasteiger partial charge in [-0.2, -0.15) is 0 Å². The fourth-order valence-corrected chi connectivity index (χ4v) is 2.41. The minimum Gasteiger partial charge on any atom is -0.408 e. The van der Waals surface area contributed by atoms with Gasteiger partial charge in [0.15, 0.2) is 5.58 Å². The summed E-state index contributed by atoms with van der Waals surface area (Å²) in [4.78, 5) is 38.1. The van der Waals surface area contributed by atoms with Gasteiger partial charge < -0.3 is 15.1 Å². The van der Waals surface area contributed by atoms with E-state index in [4.69, 9.17) is 4.42 Å². The molecule has 0 saturated carbocycles. The third-order valence-corrected chi connectivity index (χ3v) is 3.71. The third-order valence-electron chi connectivity index (χ3n) is 3.71. The number of aryl methyl sites for hydroxylation is 1. The van der Waals surface area contributed by atoms with Crippen molar-refractivity contribution < 1.29 is 14.0 Å². The quantitative estimate of drug-likeness (QED) is 0.677. The number of carbonyl (C=O) groups excluding carboxylic acids is 2. The van der Waals surface area contributed by atoms with Gasteiger partial charge in [-0.25, -0.2) is 4.79 Å². The van der Waals surface area contributed by atoms with Gasteiger partial charge in [0.05, 0.1) is 5.52 Å². The van der Waals surface area contributed by atoms with E-state index in [1.54, 1.807) is 43.3 Å². The highest BCUT2D eigenvalue weighted by molar-refractivity contribution is 6.01. The van der Waals surface area contributed by atoms with Crippen LogP contribution in [0.5, 0.6) is 0 Å². The van der Waals surface area contributed by atoms with Crippen molar-refractivity contribution in [2.24, 2.45) is 0 Å². The topological polar surface area (TPSA) is 104 Å². The zero-order chi connectivity index (χ0) is 18.0. The number of hydrogen-bond donors (Lipinski definition) is 3. The van der Waals surface area contributed by atoms with Crippen LogP contribution in [0.25, 0.3) is 11.1 Å². The van der Waals surface area contributed by atoms with Crippen LogP contribution in [-0.4, -0.2) is 22.8 Å². The zero-order valence-corrected chi connectivity index (χ0v) is 13.8. The maximum atomic E-state index is 12.3. The Labute approximate surface area is 143 Å². The number of oxazole rings is 1. The number of rotatable bonds is 4. The molecule has 3 aromatic rings. The molecule has 0 fully saturated rings. The number of nitrogens with one attached hydrogen (secondary N) is 3. The van der Waals surface area contributed by atoms with Crippen LogP contribution in [-0.2, 0) is 4.79 Å². The average Bonchev–Trinajstić information content (AvgIpc) is 2.94. The molecule has 3 N–H and O–H groups in total. The number of aromatic amines is 1. The Morgan fingerprint density at radius 3 is 2.72 bits per heavy atom.